The monoisotopic (exact) mass is 2020 g/mol. The Morgan fingerprint density at radius 3 is 0.485 bits per heavy atom. The van der Waals surface area contributed by atoms with Crippen LogP contribution in [0.2, 0.25) is 48.4 Å². The van der Waals surface area contributed by atoms with Crippen LogP contribution >= 0.6 is 0 Å². The van der Waals surface area contributed by atoms with Crippen LogP contribution in [0.4, 0.5) is 0 Å². The minimum Gasteiger partial charge on any atom is -0.390 e. The Morgan fingerprint density at radius 2 is 0.356 bits per heavy atom. The van der Waals surface area contributed by atoms with Gasteiger partial charge in [0.05, 0.1) is 0 Å². The lowest BCUT2D eigenvalue weighted by Crippen LogP contribution is -2.52. The molecule has 20 nitrogen and oxygen atoms in total. The first-order valence-electron chi connectivity index (χ1n) is 52.6. The van der Waals surface area contributed by atoms with Gasteiger partial charge in [0.25, 0.3) is 0 Å². The molecule has 28 heteroatoms. The molecule has 0 aliphatic carbocycles. The van der Waals surface area contributed by atoms with Crippen molar-refractivity contribution in [1.82, 2.24) is 0 Å². The van der Waals surface area contributed by atoms with Gasteiger partial charge in [-0.2, -0.15) is 0 Å². The van der Waals surface area contributed by atoms with Gasteiger partial charge in [0.15, 0.2) is 0 Å². The highest BCUT2D eigenvalue weighted by atomic mass is 28.5. The van der Waals surface area contributed by atoms with E-state index in [0.717, 1.165) is 124 Å². The van der Waals surface area contributed by atoms with Gasteiger partial charge in [0.2, 0.25) is 0 Å². The normalized spacial score (nSPS) is 16.7. The standard InChI is InChI=1S/C32H70O5Si2.2C20H44O5Si2.2C12H26.C8H18O5Si2/c1-25(2)21-31(11,23-29(9)27(5)6)17-13-15-19-38(33,34)37-39(35,36)20-16-14-18-32(12,22-26(3)4)24-30(10)28(7)8;2*1-8-9-13-26(21,22)25-27(23,24)14-11-10-12-20(7,15-17(2)3)16-19(6)18(4)5;2*1-9(2)7-11(5)8-12(6)10(3)4;1-3-5-7-14(9,10)13-15(11,12)8-6-4-2/h25-30,33-36H,13-24H2,1-12H3;2*8,17-19,21-24H,1,9-16H2,2-7H3;2*9-12H,7-8H2,1-6H3;3-4,9-12H,1-2,5-8H2. The van der Waals surface area contributed by atoms with Crippen molar-refractivity contribution in [1.29, 1.82) is 0 Å². The third-order valence-corrected chi connectivity index (χ3v) is 45.4. The minimum absolute atomic E-state index is 0.00587. The van der Waals surface area contributed by atoms with E-state index in [1.165, 1.54) is 63.5 Å². The fourth-order valence-corrected chi connectivity index (χ4v) is 35.8. The number of hydrogen-bond acceptors (Lipinski definition) is 20. The quantitative estimate of drug-likeness (QED) is 0.0153. The van der Waals surface area contributed by atoms with Crippen LogP contribution in [0.15, 0.2) is 50.6 Å². The van der Waals surface area contributed by atoms with Crippen molar-refractivity contribution in [2.75, 3.05) is 0 Å². The van der Waals surface area contributed by atoms with Crippen molar-refractivity contribution in [3.05, 3.63) is 50.6 Å². The lowest BCUT2D eigenvalue weighted by atomic mass is 9.70. The van der Waals surface area contributed by atoms with Crippen molar-refractivity contribution >= 4 is 70.4 Å². The SMILES string of the molecule is C=CCC[Si](O)(O)O[Si](O)(O)CCC=C.C=CCC[Si](O)(O)O[Si](O)(O)CCCCC(C)(CC(C)C)CC(C)C(C)C.C=CCC[Si](O)(O)O[Si](O)(O)CCCCC(C)(CC(C)C)CC(C)C(C)C.CC(C)CC(C)(CCCC[Si](O)(O)O[Si](O)(O)CCCCC(C)(CC(C)C)CC(C)C(C)C)CC(C)C(C)C.CC(C)CC(C)CC(C)C(C)C.CC(C)CC(C)CC(C)C(C)C. The zero-order chi connectivity index (χ0) is 105. The predicted octanol–water partition coefficient (Wildman–Crippen LogP) is 26.0. The Morgan fingerprint density at radius 1 is 0.205 bits per heavy atom. The fraction of sp³-hybridized carbons (Fsp3) is 0.923. The van der Waals surface area contributed by atoms with Gasteiger partial charge in [0.1, 0.15) is 0 Å². The van der Waals surface area contributed by atoms with Crippen LogP contribution in [-0.4, -0.2) is 147 Å². The van der Waals surface area contributed by atoms with Crippen molar-refractivity contribution in [2.24, 2.45) is 140 Å². The molecule has 0 aromatic carbocycles. The van der Waals surface area contributed by atoms with Crippen LogP contribution in [0.5, 0.6) is 0 Å². The summed E-state index contributed by atoms with van der Waals surface area (Å²) in [6, 6.07) is 0.446. The number of allylic oxidation sites excluding steroid dienone is 4. The maximum Gasteiger partial charge on any atom is 0.488 e. The van der Waals surface area contributed by atoms with Crippen LogP contribution in [-0.2, 0) is 16.5 Å². The first-order valence-corrected chi connectivity index (χ1v) is 68.6. The van der Waals surface area contributed by atoms with Gasteiger partial charge in [-0.3, -0.25) is 0 Å². The number of rotatable bonds is 70. The van der Waals surface area contributed by atoms with E-state index in [1.807, 2.05) is 0 Å². The van der Waals surface area contributed by atoms with E-state index in [-0.39, 0.29) is 70.0 Å². The van der Waals surface area contributed by atoms with Crippen molar-refractivity contribution in [2.45, 2.75) is 477 Å². The van der Waals surface area contributed by atoms with Crippen LogP contribution in [0.25, 0.3) is 0 Å². The average molecular weight is 2020 g/mol. The predicted molar refractivity (Wildman–Crippen MR) is 578 cm³/mol. The summed E-state index contributed by atoms with van der Waals surface area (Å²) in [4.78, 5) is 160. The van der Waals surface area contributed by atoms with Crippen molar-refractivity contribution in [3.8, 4) is 0 Å². The van der Waals surface area contributed by atoms with E-state index in [9.17, 15) is 76.7 Å². The summed E-state index contributed by atoms with van der Waals surface area (Å²) >= 11 is 0. The second kappa shape index (κ2) is 71.4. The summed E-state index contributed by atoms with van der Waals surface area (Å²) in [5.74, 6) is 14.7. The molecule has 0 saturated carbocycles. The Bertz CT molecular complexity index is 2650. The summed E-state index contributed by atoms with van der Waals surface area (Å²) in [6.45, 7) is 97.0. The second-order valence-electron chi connectivity index (χ2n) is 48.2. The summed E-state index contributed by atoms with van der Waals surface area (Å²) in [7, 11) is -32.2. The molecular formula is C104H228O20Si8. The maximum absolute atomic E-state index is 10.6. The topological polar surface area (TPSA) is 361 Å². The molecule has 12 unspecified atom stereocenters. The van der Waals surface area contributed by atoms with Crippen molar-refractivity contribution in [3.63, 3.8) is 0 Å². The molecule has 0 amide bonds. The summed E-state index contributed by atoms with van der Waals surface area (Å²) in [5.41, 5.74) is 0.948. The number of unbranched alkanes of at least 4 members (excludes halogenated alkanes) is 4. The van der Waals surface area contributed by atoms with Crippen LogP contribution < -0.4 is 0 Å². The molecule has 12 atom stereocenters. The molecule has 0 rings (SSSR count). The molecule has 0 aromatic heterocycles. The van der Waals surface area contributed by atoms with Crippen LogP contribution in [0.1, 0.15) is 429 Å². The van der Waals surface area contributed by atoms with E-state index in [4.69, 9.17) is 12.3 Å². The van der Waals surface area contributed by atoms with Crippen molar-refractivity contribution < 1.29 is 93.2 Å². The summed E-state index contributed by atoms with van der Waals surface area (Å²) < 4.78 is 19.9. The molecular weight excluding hydrogens is 1790 g/mol. The third kappa shape index (κ3) is 84.4. The smallest absolute Gasteiger partial charge is 0.390 e. The third-order valence-electron chi connectivity index (χ3n) is 27.1. The number of hydrogen-bond donors (Lipinski definition) is 16. The maximum atomic E-state index is 10.6. The molecule has 0 saturated heterocycles. The second-order valence-corrected chi connectivity index (χ2v) is 67.4. The lowest BCUT2D eigenvalue weighted by Gasteiger charge is -2.36. The Balaban J connectivity index is -0.000000380. The molecule has 0 aliphatic rings. The van der Waals surface area contributed by atoms with Crippen LogP contribution in [0.3, 0.4) is 0 Å². The molecule has 796 valence electrons. The van der Waals surface area contributed by atoms with Gasteiger partial charge in [-0.05, 0) is 294 Å². The van der Waals surface area contributed by atoms with Gasteiger partial charge in [-0.15, -0.1) is 26.3 Å². The molecule has 0 spiro atoms. The Kier molecular flexibility index (Phi) is 77.1. The molecule has 0 fully saturated rings. The molecule has 16 N–H and O–H groups in total. The highest BCUT2D eigenvalue weighted by Gasteiger charge is 2.49. The van der Waals surface area contributed by atoms with E-state index < -0.39 is 70.4 Å². The average Bonchev–Trinajstić information content (AvgIpc) is 0.851. The molecule has 0 aliphatic heterocycles. The van der Waals surface area contributed by atoms with E-state index >= 15 is 0 Å². The van der Waals surface area contributed by atoms with Gasteiger partial charge in [0, 0.05) is 48.4 Å². The first-order chi connectivity index (χ1) is 59.7. The van der Waals surface area contributed by atoms with Crippen LogP contribution in [0, 0.1) is 140 Å². The van der Waals surface area contributed by atoms with E-state index in [1.54, 1.807) is 12.2 Å². The van der Waals surface area contributed by atoms with E-state index in [2.05, 4.69) is 280 Å². The first kappa shape index (κ1) is 143. The van der Waals surface area contributed by atoms with Gasteiger partial charge in [-0.1, -0.05) is 299 Å². The van der Waals surface area contributed by atoms with Gasteiger partial charge < -0.3 is 93.2 Å². The van der Waals surface area contributed by atoms with Gasteiger partial charge >= 0.3 is 70.4 Å². The molecule has 0 heterocycles. The minimum atomic E-state index is -4.11. The van der Waals surface area contributed by atoms with E-state index in [0.29, 0.717) is 122 Å². The molecule has 0 aromatic rings. The summed E-state index contributed by atoms with van der Waals surface area (Å²) in [5, 5.41) is 0. The zero-order valence-electron chi connectivity index (χ0n) is 92.9. The largest absolute Gasteiger partial charge is 0.488 e. The molecule has 0 bridgehead atoms. The highest BCUT2D eigenvalue weighted by Crippen LogP contribution is 2.45. The Labute approximate surface area is 826 Å². The highest BCUT2D eigenvalue weighted by molar-refractivity contribution is 6.74. The lowest BCUT2D eigenvalue weighted by molar-refractivity contribution is 0.143. The Hall–Kier alpha value is -0.105. The molecule has 0 radical (unpaired) electrons. The zero-order valence-corrected chi connectivity index (χ0v) is 101. The van der Waals surface area contributed by atoms with Gasteiger partial charge in [-0.25, -0.2) is 0 Å². The molecule has 132 heavy (non-hydrogen) atoms. The summed E-state index contributed by atoms with van der Waals surface area (Å²) in [6.07, 6.45) is 32.7. The fourth-order valence-electron chi connectivity index (χ4n) is 19.0.